The summed E-state index contributed by atoms with van der Waals surface area (Å²) in [5.41, 5.74) is 2.20. The van der Waals surface area contributed by atoms with Crippen LogP contribution in [-0.4, -0.2) is 32.6 Å². The van der Waals surface area contributed by atoms with Gasteiger partial charge in [0.15, 0.2) is 11.5 Å². The third-order valence-corrected chi connectivity index (χ3v) is 4.57. The van der Waals surface area contributed by atoms with Crippen molar-refractivity contribution >= 4 is 11.8 Å². The Kier molecular flexibility index (Phi) is 5.59. The van der Waals surface area contributed by atoms with E-state index in [2.05, 4.69) is 10.6 Å². The maximum atomic E-state index is 13.3. The predicted molar refractivity (Wildman–Crippen MR) is 97.5 cm³/mol. The second-order valence-corrected chi connectivity index (χ2v) is 6.25. The molecule has 0 bridgehead atoms. The van der Waals surface area contributed by atoms with Gasteiger partial charge in [-0.05, 0) is 54.3 Å². The summed E-state index contributed by atoms with van der Waals surface area (Å²) in [5, 5.41) is 5.47. The van der Waals surface area contributed by atoms with Gasteiger partial charge < -0.3 is 20.1 Å². The minimum absolute atomic E-state index is 0.153. The van der Waals surface area contributed by atoms with Gasteiger partial charge in [-0.2, -0.15) is 0 Å². The predicted octanol–water partition coefficient (Wildman–Crippen LogP) is 2.38. The van der Waals surface area contributed by atoms with Crippen LogP contribution in [0.1, 0.15) is 33.9 Å². The fourth-order valence-corrected chi connectivity index (χ4v) is 3.22. The summed E-state index contributed by atoms with van der Waals surface area (Å²) in [6.45, 7) is -0.153. The molecule has 2 amide bonds. The van der Waals surface area contributed by atoms with E-state index in [0.717, 1.165) is 17.5 Å². The van der Waals surface area contributed by atoms with E-state index >= 15 is 0 Å². The van der Waals surface area contributed by atoms with Crippen molar-refractivity contribution < 1.29 is 23.5 Å². The van der Waals surface area contributed by atoms with Crippen molar-refractivity contribution in [2.45, 2.75) is 18.9 Å². The maximum Gasteiger partial charge on any atom is 0.251 e. The molecule has 0 aromatic heterocycles. The molecule has 1 atom stereocenters. The molecule has 0 saturated heterocycles. The molecule has 3 rings (SSSR count). The number of nitrogens with one attached hydrogen (secondary N) is 2. The van der Waals surface area contributed by atoms with Crippen LogP contribution in [0.2, 0.25) is 0 Å². The number of methoxy groups -OCH3 is 2. The number of carbonyl (C=O) groups is 2. The summed E-state index contributed by atoms with van der Waals surface area (Å²) in [6, 6.07) is 9.20. The molecule has 1 aliphatic carbocycles. The topological polar surface area (TPSA) is 76.7 Å². The number of rotatable bonds is 6. The highest BCUT2D eigenvalue weighted by Crippen LogP contribution is 2.31. The van der Waals surface area contributed by atoms with Gasteiger partial charge in [-0.3, -0.25) is 9.59 Å². The molecule has 0 spiro atoms. The molecular weight excluding hydrogens is 351 g/mol. The number of aryl methyl sites for hydroxylation is 1. The van der Waals surface area contributed by atoms with Gasteiger partial charge >= 0.3 is 0 Å². The highest BCUT2D eigenvalue weighted by molar-refractivity contribution is 5.97. The minimum Gasteiger partial charge on any atom is -0.493 e. The van der Waals surface area contributed by atoms with Crippen molar-refractivity contribution in [3.63, 3.8) is 0 Å². The number of ether oxygens (including phenoxy) is 2. The summed E-state index contributed by atoms with van der Waals surface area (Å²) < 4.78 is 23.6. The van der Waals surface area contributed by atoms with Crippen molar-refractivity contribution in [1.82, 2.24) is 10.6 Å². The SMILES string of the molecule is COc1ccc(C(=O)NCC(=O)NC2CCc3cc(F)ccc32)cc1OC. The summed E-state index contributed by atoms with van der Waals surface area (Å²) in [7, 11) is 3.00. The second-order valence-electron chi connectivity index (χ2n) is 6.25. The van der Waals surface area contributed by atoms with E-state index in [1.807, 2.05) is 0 Å². The molecular formula is C20H21FN2O4. The zero-order chi connectivity index (χ0) is 19.4. The van der Waals surface area contributed by atoms with E-state index in [4.69, 9.17) is 9.47 Å². The van der Waals surface area contributed by atoms with Gasteiger partial charge in [0.1, 0.15) is 5.82 Å². The summed E-state index contributed by atoms with van der Waals surface area (Å²) in [4.78, 5) is 24.5. The number of amides is 2. The van der Waals surface area contributed by atoms with Crippen LogP contribution in [0.25, 0.3) is 0 Å². The molecule has 0 saturated carbocycles. The Balaban J connectivity index is 1.56. The lowest BCUT2D eigenvalue weighted by Gasteiger charge is -2.15. The van der Waals surface area contributed by atoms with Crippen molar-refractivity contribution in [2.24, 2.45) is 0 Å². The molecule has 0 fully saturated rings. The molecule has 2 aromatic carbocycles. The van der Waals surface area contributed by atoms with Gasteiger partial charge in [-0.15, -0.1) is 0 Å². The lowest BCUT2D eigenvalue weighted by atomic mass is 10.1. The molecule has 1 unspecified atom stereocenters. The first-order valence-electron chi connectivity index (χ1n) is 8.59. The van der Waals surface area contributed by atoms with E-state index in [9.17, 15) is 14.0 Å². The molecule has 0 heterocycles. The Bertz CT molecular complexity index is 869. The highest BCUT2D eigenvalue weighted by Gasteiger charge is 2.24. The van der Waals surface area contributed by atoms with Gasteiger partial charge in [0.2, 0.25) is 5.91 Å². The van der Waals surface area contributed by atoms with Crippen molar-refractivity contribution in [3.8, 4) is 11.5 Å². The summed E-state index contributed by atoms with van der Waals surface area (Å²) in [5.74, 6) is -0.0126. The Morgan fingerprint density at radius 3 is 2.63 bits per heavy atom. The summed E-state index contributed by atoms with van der Waals surface area (Å²) >= 11 is 0. The summed E-state index contributed by atoms with van der Waals surface area (Å²) in [6.07, 6.45) is 1.43. The Morgan fingerprint density at radius 2 is 1.89 bits per heavy atom. The largest absolute Gasteiger partial charge is 0.493 e. The number of benzene rings is 2. The lowest BCUT2D eigenvalue weighted by molar-refractivity contribution is -0.120. The average molecular weight is 372 g/mol. The third kappa shape index (κ3) is 4.19. The number of carbonyl (C=O) groups excluding carboxylic acids is 2. The molecule has 2 N–H and O–H groups in total. The third-order valence-electron chi connectivity index (χ3n) is 4.57. The van der Waals surface area contributed by atoms with E-state index < -0.39 is 0 Å². The van der Waals surface area contributed by atoms with E-state index in [1.54, 1.807) is 24.3 Å². The maximum absolute atomic E-state index is 13.3. The standard InChI is InChI=1S/C20H21FN2O4/c1-26-17-8-4-13(10-18(17)27-2)20(25)22-11-19(24)23-16-7-3-12-9-14(21)5-6-15(12)16/h4-6,8-10,16H,3,7,11H2,1-2H3,(H,22,25)(H,23,24). The van der Waals surface area contributed by atoms with Gasteiger partial charge in [-0.1, -0.05) is 6.07 Å². The van der Waals surface area contributed by atoms with Crippen LogP contribution in [0.3, 0.4) is 0 Å². The molecule has 1 aliphatic rings. The molecule has 6 nitrogen and oxygen atoms in total. The van der Waals surface area contributed by atoms with Crippen LogP contribution in [0.5, 0.6) is 11.5 Å². The second kappa shape index (κ2) is 8.07. The zero-order valence-electron chi connectivity index (χ0n) is 15.2. The zero-order valence-corrected chi connectivity index (χ0v) is 15.2. The lowest BCUT2D eigenvalue weighted by Crippen LogP contribution is -2.38. The molecule has 7 heteroatoms. The van der Waals surface area contributed by atoms with Crippen LogP contribution >= 0.6 is 0 Å². The Morgan fingerprint density at radius 1 is 1.11 bits per heavy atom. The minimum atomic E-state index is -0.389. The van der Waals surface area contributed by atoms with Crippen LogP contribution in [-0.2, 0) is 11.2 Å². The molecule has 142 valence electrons. The Labute approximate surface area is 156 Å². The quantitative estimate of drug-likeness (QED) is 0.816. The molecule has 0 aliphatic heterocycles. The van der Waals surface area contributed by atoms with Crippen LogP contribution in [0, 0.1) is 5.82 Å². The van der Waals surface area contributed by atoms with Crippen molar-refractivity contribution in [2.75, 3.05) is 20.8 Å². The van der Waals surface area contributed by atoms with E-state index in [-0.39, 0.29) is 30.2 Å². The van der Waals surface area contributed by atoms with Gasteiger partial charge in [0.05, 0.1) is 26.8 Å². The van der Waals surface area contributed by atoms with Crippen LogP contribution in [0.4, 0.5) is 4.39 Å². The van der Waals surface area contributed by atoms with Gasteiger partial charge in [-0.25, -0.2) is 4.39 Å². The first-order valence-corrected chi connectivity index (χ1v) is 8.59. The van der Waals surface area contributed by atoms with Crippen molar-refractivity contribution in [1.29, 1.82) is 0 Å². The fourth-order valence-electron chi connectivity index (χ4n) is 3.22. The van der Waals surface area contributed by atoms with E-state index in [0.29, 0.717) is 23.5 Å². The molecule has 0 radical (unpaired) electrons. The number of fused-ring (bicyclic) bond motifs is 1. The van der Waals surface area contributed by atoms with Crippen LogP contribution < -0.4 is 20.1 Å². The average Bonchev–Trinajstić information content (AvgIpc) is 3.07. The number of hydrogen-bond acceptors (Lipinski definition) is 4. The van der Waals surface area contributed by atoms with Crippen LogP contribution in [0.15, 0.2) is 36.4 Å². The highest BCUT2D eigenvalue weighted by atomic mass is 19.1. The molecule has 2 aromatic rings. The van der Waals surface area contributed by atoms with Gasteiger partial charge in [0, 0.05) is 5.56 Å². The van der Waals surface area contributed by atoms with Gasteiger partial charge in [0.25, 0.3) is 5.91 Å². The number of halogens is 1. The van der Waals surface area contributed by atoms with Crippen molar-refractivity contribution in [3.05, 3.63) is 58.9 Å². The number of hydrogen-bond donors (Lipinski definition) is 2. The first kappa shape index (κ1) is 18.7. The van der Waals surface area contributed by atoms with E-state index in [1.165, 1.54) is 26.4 Å². The normalized spacial score (nSPS) is 15.0. The Hall–Kier alpha value is -3.09. The first-order chi connectivity index (χ1) is 13.0. The monoisotopic (exact) mass is 372 g/mol. The smallest absolute Gasteiger partial charge is 0.251 e. The fraction of sp³-hybridized carbons (Fsp3) is 0.300. The molecule has 27 heavy (non-hydrogen) atoms.